The molecule has 2 aromatic rings. The quantitative estimate of drug-likeness (QED) is 0.780. The zero-order chi connectivity index (χ0) is 18.5. The number of hydrogen-bond acceptors (Lipinski definition) is 4. The number of nitrogens with zero attached hydrogens (tertiary/aromatic N) is 2. The molecule has 2 heterocycles. The van der Waals surface area contributed by atoms with E-state index in [-0.39, 0.29) is 37.7 Å². The van der Waals surface area contributed by atoms with Crippen molar-refractivity contribution in [2.75, 3.05) is 24.5 Å². The molecule has 1 aliphatic carbocycles. The molecule has 1 aromatic heterocycles. The fourth-order valence-corrected chi connectivity index (χ4v) is 4.23. The van der Waals surface area contributed by atoms with E-state index >= 15 is 0 Å². The van der Waals surface area contributed by atoms with Crippen molar-refractivity contribution in [3.8, 4) is 0 Å². The highest BCUT2D eigenvalue weighted by Gasteiger charge is 2.40. The van der Waals surface area contributed by atoms with Crippen LogP contribution in [0.3, 0.4) is 0 Å². The first-order valence-corrected chi connectivity index (χ1v) is 9.19. The van der Waals surface area contributed by atoms with Gasteiger partial charge in [-0.25, -0.2) is 13.6 Å². The number of fused-ring (bicyclic) bond motifs is 1. The molecule has 0 spiro atoms. The van der Waals surface area contributed by atoms with Gasteiger partial charge in [-0.15, -0.1) is 0 Å². The molecule has 4 rings (SSSR count). The van der Waals surface area contributed by atoms with Gasteiger partial charge >= 0.3 is 0 Å². The second-order valence-electron chi connectivity index (χ2n) is 7.23. The lowest BCUT2D eigenvalue weighted by molar-refractivity contribution is 0.198. The monoisotopic (exact) mass is 382 g/mol. The van der Waals surface area contributed by atoms with Crippen molar-refractivity contribution in [3.05, 3.63) is 39.9 Å². The van der Waals surface area contributed by atoms with E-state index in [2.05, 4.69) is 4.84 Å². The second kappa shape index (κ2) is 6.48. The van der Waals surface area contributed by atoms with E-state index in [1.807, 2.05) is 0 Å². The zero-order valence-electron chi connectivity index (χ0n) is 14.3. The number of halogens is 3. The summed E-state index contributed by atoms with van der Waals surface area (Å²) in [5.41, 5.74) is 5.88. The molecule has 26 heavy (non-hydrogen) atoms. The third-order valence-electron chi connectivity index (χ3n) is 5.36. The molecule has 1 aromatic carbocycles. The molecule has 0 amide bonds. The van der Waals surface area contributed by atoms with E-state index in [1.54, 1.807) is 15.5 Å². The maximum Gasteiger partial charge on any atom is 0.251 e. The van der Waals surface area contributed by atoms with Crippen LogP contribution in [0.25, 0.3) is 10.9 Å². The summed E-state index contributed by atoms with van der Waals surface area (Å²) in [5.74, 6) is -0.443. The topological polar surface area (TPSA) is 63.3 Å². The third-order valence-corrected chi connectivity index (χ3v) is 5.49. The first kappa shape index (κ1) is 17.7. The number of alkyl halides is 1. The minimum atomic E-state index is -1.53. The summed E-state index contributed by atoms with van der Waals surface area (Å²) in [7, 11) is 0. The SMILES string of the molecule is NCc1c(N2CCC(F)(CNCl)C2)c(F)cc2ccc(=O)n(C3CC3)c12. The maximum absolute atomic E-state index is 15.0. The maximum atomic E-state index is 15.0. The number of hydrogen-bond donors (Lipinski definition) is 2. The Kier molecular flexibility index (Phi) is 4.41. The molecule has 2 fully saturated rings. The summed E-state index contributed by atoms with van der Waals surface area (Å²) in [6.45, 7) is 0.460. The number of rotatable bonds is 5. The van der Waals surface area contributed by atoms with Gasteiger partial charge in [0.05, 0.1) is 17.7 Å². The fourth-order valence-electron chi connectivity index (χ4n) is 3.99. The number of benzene rings is 1. The van der Waals surface area contributed by atoms with Gasteiger partial charge in [-0.2, -0.15) is 0 Å². The molecule has 140 valence electrons. The molecule has 1 atom stereocenters. The van der Waals surface area contributed by atoms with E-state index in [1.165, 1.54) is 12.1 Å². The Morgan fingerprint density at radius 1 is 1.38 bits per heavy atom. The molecule has 5 nitrogen and oxygen atoms in total. The van der Waals surface area contributed by atoms with Crippen LogP contribution in [0.5, 0.6) is 0 Å². The summed E-state index contributed by atoms with van der Waals surface area (Å²) in [5, 5.41) is 0.645. The highest BCUT2D eigenvalue weighted by Crippen LogP contribution is 2.40. The van der Waals surface area contributed by atoms with E-state index < -0.39 is 11.5 Å². The van der Waals surface area contributed by atoms with Gasteiger partial charge in [0.15, 0.2) is 0 Å². The number of nitrogens with two attached hydrogens (primary N) is 1. The minimum absolute atomic E-state index is 0.00893. The van der Waals surface area contributed by atoms with Crippen molar-refractivity contribution in [1.82, 2.24) is 9.40 Å². The predicted octanol–water partition coefficient (Wildman–Crippen LogP) is 2.60. The Morgan fingerprint density at radius 3 is 2.81 bits per heavy atom. The van der Waals surface area contributed by atoms with Crippen LogP contribution in [0, 0.1) is 5.82 Å². The normalized spacial score (nSPS) is 23.2. The molecule has 8 heteroatoms. The summed E-state index contributed by atoms with van der Waals surface area (Å²) in [6, 6.07) is 4.65. The zero-order valence-corrected chi connectivity index (χ0v) is 15.0. The van der Waals surface area contributed by atoms with Gasteiger partial charge in [0.1, 0.15) is 11.5 Å². The molecule has 0 bridgehead atoms. The summed E-state index contributed by atoms with van der Waals surface area (Å²) in [6.07, 6.45) is 2.10. The average Bonchev–Trinajstić information content (AvgIpc) is 3.36. The van der Waals surface area contributed by atoms with Crippen LogP contribution in [0.15, 0.2) is 23.0 Å². The van der Waals surface area contributed by atoms with E-state index in [0.717, 1.165) is 12.8 Å². The van der Waals surface area contributed by atoms with Crippen LogP contribution >= 0.6 is 11.8 Å². The minimum Gasteiger partial charge on any atom is -0.365 e. The van der Waals surface area contributed by atoms with Gasteiger partial charge in [-0.05, 0) is 36.8 Å². The van der Waals surface area contributed by atoms with Crippen LogP contribution in [0.2, 0.25) is 0 Å². The largest absolute Gasteiger partial charge is 0.365 e. The molecule has 1 aliphatic heterocycles. The first-order chi connectivity index (χ1) is 12.5. The average molecular weight is 383 g/mol. The van der Waals surface area contributed by atoms with Crippen molar-refractivity contribution < 1.29 is 8.78 Å². The summed E-state index contributed by atoms with van der Waals surface area (Å²) < 4.78 is 31.5. The smallest absolute Gasteiger partial charge is 0.251 e. The summed E-state index contributed by atoms with van der Waals surface area (Å²) in [4.78, 5) is 16.4. The van der Waals surface area contributed by atoms with E-state index in [0.29, 0.717) is 28.7 Å². The van der Waals surface area contributed by atoms with E-state index in [4.69, 9.17) is 17.5 Å². The van der Waals surface area contributed by atoms with Gasteiger partial charge in [-0.3, -0.25) is 4.79 Å². The summed E-state index contributed by atoms with van der Waals surface area (Å²) >= 11 is 5.47. The Morgan fingerprint density at radius 2 is 2.15 bits per heavy atom. The van der Waals surface area contributed by atoms with E-state index in [9.17, 15) is 13.6 Å². The number of aromatic nitrogens is 1. The van der Waals surface area contributed by atoms with Crippen LogP contribution in [-0.2, 0) is 6.54 Å². The molecule has 1 saturated heterocycles. The third kappa shape index (κ3) is 2.88. The predicted molar refractivity (Wildman–Crippen MR) is 98.9 cm³/mol. The Bertz CT molecular complexity index is 914. The van der Waals surface area contributed by atoms with Gasteiger partial charge in [0, 0.05) is 49.1 Å². The Hall–Kier alpha value is -1.70. The van der Waals surface area contributed by atoms with Crippen LogP contribution in [-0.4, -0.2) is 29.9 Å². The standard InChI is InChI=1S/C18H21ClF2N4O/c19-23-9-18(21)5-6-24(10-18)17-13(8-22)16-11(7-14(17)20)1-4-15(26)25(16)12-2-3-12/h1,4,7,12,23H,2-3,5-6,8-10,22H2. The van der Waals surface area contributed by atoms with Crippen LogP contribution in [0.1, 0.15) is 30.9 Å². The van der Waals surface area contributed by atoms with Gasteiger partial charge in [0.25, 0.3) is 5.56 Å². The van der Waals surface area contributed by atoms with Crippen molar-refractivity contribution in [1.29, 1.82) is 0 Å². The van der Waals surface area contributed by atoms with Crippen molar-refractivity contribution in [2.24, 2.45) is 5.73 Å². The van der Waals surface area contributed by atoms with Gasteiger partial charge in [-0.1, -0.05) is 0 Å². The number of pyridine rings is 1. The lowest BCUT2D eigenvalue weighted by Crippen LogP contribution is -2.37. The molecule has 2 aliphatic rings. The van der Waals surface area contributed by atoms with Gasteiger partial charge < -0.3 is 15.2 Å². The lowest BCUT2D eigenvalue weighted by atomic mass is 10.0. The highest BCUT2D eigenvalue weighted by atomic mass is 35.5. The number of anilines is 1. The van der Waals surface area contributed by atoms with Gasteiger partial charge in [0.2, 0.25) is 0 Å². The molecule has 3 N–H and O–H groups in total. The molecular formula is C18H21ClF2N4O. The molecule has 1 unspecified atom stereocenters. The van der Waals surface area contributed by atoms with Crippen molar-refractivity contribution in [2.45, 2.75) is 37.5 Å². The Balaban J connectivity index is 1.89. The molecule has 1 saturated carbocycles. The van der Waals surface area contributed by atoms with Crippen LogP contribution in [0.4, 0.5) is 14.5 Å². The van der Waals surface area contributed by atoms with Crippen molar-refractivity contribution >= 4 is 28.4 Å². The van der Waals surface area contributed by atoms with Crippen molar-refractivity contribution in [3.63, 3.8) is 0 Å². The molecular weight excluding hydrogens is 362 g/mol. The fraction of sp³-hybridized carbons (Fsp3) is 0.500. The Labute approximate surface area is 154 Å². The second-order valence-corrected chi connectivity index (χ2v) is 7.50. The number of nitrogens with one attached hydrogen (secondary N) is 1. The lowest BCUT2D eigenvalue weighted by Gasteiger charge is -2.26. The van der Waals surface area contributed by atoms with Crippen LogP contribution < -0.4 is 21.0 Å². The molecule has 0 radical (unpaired) electrons. The first-order valence-electron chi connectivity index (χ1n) is 8.81. The highest BCUT2D eigenvalue weighted by molar-refractivity contribution is 6.13.